The van der Waals surface area contributed by atoms with Gasteiger partial charge in [-0.1, -0.05) is 60.7 Å². The summed E-state index contributed by atoms with van der Waals surface area (Å²) in [5.74, 6) is 0. The van der Waals surface area contributed by atoms with Gasteiger partial charge in [-0.3, -0.25) is 0 Å². The van der Waals surface area contributed by atoms with Crippen molar-refractivity contribution in [1.29, 1.82) is 0 Å². The lowest BCUT2D eigenvalue weighted by molar-refractivity contribution is -0.00391. The van der Waals surface area contributed by atoms with Crippen LogP contribution in [0.2, 0.25) is 0 Å². The maximum atomic E-state index is 12.3. The van der Waals surface area contributed by atoms with Gasteiger partial charge < -0.3 is 19.5 Å². The van der Waals surface area contributed by atoms with E-state index in [1.54, 1.807) is 4.90 Å². The predicted molar refractivity (Wildman–Crippen MR) is 93.8 cm³/mol. The second-order valence-corrected chi connectivity index (χ2v) is 6.11. The normalized spacial score (nSPS) is 19.8. The monoisotopic (exact) mass is 341 g/mol. The van der Waals surface area contributed by atoms with E-state index in [0.717, 1.165) is 11.1 Å². The van der Waals surface area contributed by atoms with Gasteiger partial charge in [0.15, 0.2) is 0 Å². The van der Waals surface area contributed by atoms with Crippen molar-refractivity contribution in [3.05, 3.63) is 71.8 Å². The number of ether oxygens (including phenoxy) is 2. The Morgan fingerprint density at radius 2 is 1.60 bits per heavy atom. The van der Waals surface area contributed by atoms with Crippen LogP contribution in [0.3, 0.4) is 0 Å². The van der Waals surface area contributed by atoms with Gasteiger partial charge in [-0.25, -0.2) is 4.79 Å². The van der Waals surface area contributed by atoms with E-state index in [-0.39, 0.29) is 25.4 Å². The van der Waals surface area contributed by atoms with E-state index in [0.29, 0.717) is 19.6 Å². The lowest BCUT2D eigenvalue weighted by Gasteiger charge is -2.26. The van der Waals surface area contributed by atoms with Crippen LogP contribution in [-0.4, -0.2) is 41.4 Å². The molecule has 1 aliphatic rings. The van der Waals surface area contributed by atoms with Gasteiger partial charge in [0, 0.05) is 6.54 Å². The van der Waals surface area contributed by atoms with Gasteiger partial charge >= 0.3 is 6.09 Å². The van der Waals surface area contributed by atoms with Crippen LogP contribution in [-0.2, 0) is 22.7 Å². The Balaban J connectivity index is 1.52. The van der Waals surface area contributed by atoms with Crippen LogP contribution in [0, 0.1) is 0 Å². The number of rotatable bonds is 6. The van der Waals surface area contributed by atoms with Crippen LogP contribution in [0.5, 0.6) is 0 Å². The number of benzene rings is 2. The topological polar surface area (TPSA) is 59.0 Å². The van der Waals surface area contributed by atoms with Crippen molar-refractivity contribution in [1.82, 2.24) is 4.90 Å². The number of amides is 1. The summed E-state index contributed by atoms with van der Waals surface area (Å²) in [6, 6.07) is 19.1. The molecule has 2 aromatic carbocycles. The third kappa shape index (κ3) is 4.59. The number of carbonyl (C=O) groups is 1. The first-order valence-corrected chi connectivity index (χ1v) is 8.51. The summed E-state index contributed by atoms with van der Waals surface area (Å²) in [5, 5.41) is 9.71. The molecule has 0 spiro atoms. The van der Waals surface area contributed by atoms with Crippen LogP contribution >= 0.6 is 0 Å². The molecule has 1 aliphatic heterocycles. The highest BCUT2D eigenvalue weighted by atomic mass is 16.6. The average molecular weight is 341 g/mol. The molecule has 3 rings (SSSR count). The Morgan fingerprint density at radius 1 is 1.00 bits per heavy atom. The maximum absolute atomic E-state index is 12.3. The first kappa shape index (κ1) is 17.5. The molecule has 0 saturated carbocycles. The highest BCUT2D eigenvalue weighted by Gasteiger charge is 2.38. The molecule has 5 nitrogen and oxygen atoms in total. The van der Waals surface area contributed by atoms with Gasteiger partial charge in [-0.2, -0.15) is 0 Å². The lowest BCUT2D eigenvalue weighted by atomic mass is 10.2. The maximum Gasteiger partial charge on any atom is 0.410 e. The standard InChI is InChI=1S/C20H23NO4/c22-13-18-19(24-14-16-7-3-1-4-8-16)11-12-21(18)20(23)25-15-17-9-5-2-6-10-17/h1-10,18-19,22H,11-15H2/t18-,19-/m1/s1. The minimum Gasteiger partial charge on any atom is -0.445 e. The zero-order valence-corrected chi connectivity index (χ0v) is 14.1. The Bertz CT molecular complexity index is 662. The van der Waals surface area contributed by atoms with Gasteiger partial charge in [0.2, 0.25) is 0 Å². The molecule has 0 bridgehead atoms. The lowest BCUT2D eigenvalue weighted by Crippen LogP contribution is -2.43. The fourth-order valence-electron chi connectivity index (χ4n) is 3.04. The zero-order chi connectivity index (χ0) is 17.5. The van der Waals surface area contributed by atoms with Crippen LogP contribution in [0.1, 0.15) is 17.5 Å². The number of aliphatic hydroxyl groups excluding tert-OH is 1. The number of carbonyl (C=O) groups excluding carboxylic acids is 1. The van der Waals surface area contributed by atoms with Gasteiger partial charge in [0.25, 0.3) is 0 Å². The molecule has 1 N–H and O–H groups in total. The van der Waals surface area contributed by atoms with Crippen LogP contribution < -0.4 is 0 Å². The van der Waals surface area contributed by atoms with E-state index in [1.165, 1.54) is 0 Å². The second kappa shape index (κ2) is 8.65. The Hall–Kier alpha value is -2.37. The highest BCUT2D eigenvalue weighted by Crippen LogP contribution is 2.23. The molecule has 0 radical (unpaired) electrons. The molecule has 1 amide bonds. The predicted octanol–water partition coefficient (Wildman–Crippen LogP) is 2.98. The molecule has 2 atom stereocenters. The summed E-state index contributed by atoms with van der Waals surface area (Å²) < 4.78 is 11.3. The van der Waals surface area contributed by atoms with Crippen LogP contribution in [0.25, 0.3) is 0 Å². The molecule has 0 aliphatic carbocycles. The fourth-order valence-corrected chi connectivity index (χ4v) is 3.04. The third-order valence-corrected chi connectivity index (χ3v) is 4.42. The summed E-state index contributed by atoms with van der Waals surface area (Å²) >= 11 is 0. The third-order valence-electron chi connectivity index (χ3n) is 4.42. The Morgan fingerprint density at radius 3 is 2.20 bits per heavy atom. The Kier molecular flexibility index (Phi) is 6.04. The van der Waals surface area contributed by atoms with Crippen LogP contribution in [0.4, 0.5) is 4.79 Å². The van der Waals surface area contributed by atoms with Gasteiger partial charge in [0.1, 0.15) is 6.61 Å². The van der Waals surface area contributed by atoms with Gasteiger partial charge in [-0.05, 0) is 17.5 Å². The van der Waals surface area contributed by atoms with E-state index < -0.39 is 6.09 Å². The van der Waals surface area contributed by atoms with Crippen molar-refractivity contribution in [2.45, 2.75) is 31.8 Å². The smallest absolute Gasteiger partial charge is 0.410 e. The summed E-state index contributed by atoms with van der Waals surface area (Å²) in [4.78, 5) is 13.9. The fraction of sp³-hybridized carbons (Fsp3) is 0.350. The second-order valence-electron chi connectivity index (χ2n) is 6.11. The number of hydrogen-bond donors (Lipinski definition) is 1. The molecule has 1 fully saturated rings. The molecule has 132 valence electrons. The van der Waals surface area contributed by atoms with E-state index >= 15 is 0 Å². The summed E-state index contributed by atoms with van der Waals surface area (Å²) in [5.41, 5.74) is 2.01. The zero-order valence-electron chi connectivity index (χ0n) is 14.1. The summed E-state index contributed by atoms with van der Waals surface area (Å²) in [7, 11) is 0. The van der Waals surface area contributed by atoms with E-state index in [1.807, 2.05) is 60.7 Å². The van der Waals surface area contributed by atoms with Crippen molar-refractivity contribution in [3.63, 3.8) is 0 Å². The molecule has 0 unspecified atom stereocenters. The molecule has 0 aromatic heterocycles. The Labute approximate surface area is 147 Å². The molecule has 2 aromatic rings. The number of aliphatic hydroxyl groups is 1. The van der Waals surface area contributed by atoms with E-state index in [4.69, 9.17) is 9.47 Å². The van der Waals surface area contributed by atoms with Gasteiger partial charge in [-0.15, -0.1) is 0 Å². The quantitative estimate of drug-likeness (QED) is 0.877. The SMILES string of the molecule is O=C(OCc1ccccc1)N1CC[C@@H](OCc2ccccc2)[C@H]1CO. The van der Waals surface area contributed by atoms with E-state index in [2.05, 4.69) is 0 Å². The number of hydrogen-bond acceptors (Lipinski definition) is 4. The minimum atomic E-state index is -0.409. The first-order chi connectivity index (χ1) is 12.3. The summed E-state index contributed by atoms with van der Waals surface area (Å²) in [6.07, 6.45) is 0.0987. The van der Waals surface area contributed by atoms with Crippen molar-refractivity contribution < 1.29 is 19.4 Å². The van der Waals surface area contributed by atoms with E-state index in [9.17, 15) is 9.90 Å². The molecular formula is C20H23NO4. The molecular weight excluding hydrogens is 318 g/mol. The molecule has 5 heteroatoms. The number of likely N-dealkylation sites (tertiary alicyclic amines) is 1. The number of nitrogens with zero attached hydrogens (tertiary/aromatic N) is 1. The van der Waals surface area contributed by atoms with Crippen molar-refractivity contribution in [2.75, 3.05) is 13.2 Å². The van der Waals surface area contributed by atoms with Crippen molar-refractivity contribution in [3.8, 4) is 0 Å². The molecule has 1 saturated heterocycles. The minimum absolute atomic E-state index is 0.139. The largest absolute Gasteiger partial charge is 0.445 e. The highest BCUT2D eigenvalue weighted by molar-refractivity contribution is 5.68. The first-order valence-electron chi connectivity index (χ1n) is 8.51. The molecule has 1 heterocycles. The molecule has 25 heavy (non-hydrogen) atoms. The van der Waals surface area contributed by atoms with Crippen molar-refractivity contribution >= 4 is 6.09 Å². The average Bonchev–Trinajstić information content (AvgIpc) is 3.09. The van der Waals surface area contributed by atoms with Crippen molar-refractivity contribution in [2.24, 2.45) is 0 Å². The van der Waals surface area contributed by atoms with Gasteiger partial charge in [0.05, 0.1) is 25.4 Å². The van der Waals surface area contributed by atoms with Crippen LogP contribution in [0.15, 0.2) is 60.7 Å². The summed E-state index contributed by atoms with van der Waals surface area (Å²) in [6.45, 7) is 1.08.